The van der Waals surface area contributed by atoms with Crippen LogP contribution in [0.1, 0.15) is 66.2 Å². The molecule has 102 valence electrons. The molecule has 1 aliphatic rings. The fourth-order valence-corrected chi connectivity index (χ4v) is 3.21. The number of nitrogens with one attached hydrogen (secondary N) is 1. The Bertz CT molecular complexity index is 199. The van der Waals surface area contributed by atoms with Crippen LogP contribution >= 0.6 is 0 Å². The second-order valence-electron chi connectivity index (χ2n) is 5.66. The monoisotopic (exact) mass is 240 g/mol. The van der Waals surface area contributed by atoms with Gasteiger partial charge >= 0.3 is 0 Å². The van der Waals surface area contributed by atoms with Gasteiger partial charge in [-0.25, -0.2) is 0 Å². The molecule has 2 atom stereocenters. The minimum Gasteiger partial charge on any atom is -0.312 e. The van der Waals surface area contributed by atoms with Gasteiger partial charge in [-0.2, -0.15) is 0 Å². The van der Waals surface area contributed by atoms with Crippen molar-refractivity contribution in [2.45, 2.75) is 77.8 Å². The lowest BCUT2D eigenvalue weighted by molar-refractivity contribution is 0.0800. The molecule has 0 amide bonds. The van der Waals surface area contributed by atoms with Gasteiger partial charge in [-0.3, -0.25) is 4.90 Å². The Balaban J connectivity index is 2.69. The van der Waals surface area contributed by atoms with Crippen LogP contribution in [-0.2, 0) is 0 Å². The number of unbranched alkanes of at least 4 members (excludes halogenated alkanes) is 1. The van der Waals surface area contributed by atoms with Crippen molar-refractivity contribution in [3.63, 3.8) is 0 Å². The van der Waals surface area contributed by atoms with Gasteiger partial charge in [0.25, 0.3) is 0 Å². The Morgan fingerprint density at radius 2 is 1.82 bits per heavy atom. The van der Waals surface area contributed by atoms with E-state index in [1.54, 1.807) is 0 Å². The molecule has 2 unspecified atom stereocenters. The highest BCUT2D eigenvalue weighted by molar-refractivity contribution is 4.97. The van der Waals surface area contributed by atoms with Crippen molar-refractivity contribution in [2.24, 2.45) is 0 Å². The van der Waals surface area contributed by atoms with Gasteiger partial charge in [0.15, 0.2) is 0 Å². The second kappa shape index (κ2) is 7.38. The number of hydrogen-bond acceptors (Lipinski definition) is 2. The second-order valence-corrected chi connectivity index (χ2v) is 5.66. The van der Waals surface area contributed by atoms with E-state index in [-0.39, 0.29) is 0 Å². The highest BCUT2D eigenvalue weighted by Crippen LogP contribution is 2.30. The molecule has 0 saturated carbocycles. The third-order valence-corrected chi connectivity index (χ3v) is 4.59. The van der Waals surface area contributed by atoms with Crippen LogP contribution in [0, 0.1) is 0 Å². The van der Waals surface area contributed by atoms with Crippen LogP contribution in [0.3, 0.4) is 0 Å². The summed E-state index contributed by atoms with van der Waals surface area (Å²) in [5.74, 6) is 0. The molecule has 0 aliphatic carbocycles. The molecule has 0 radical (unpaired) electrons. The fraction of sp³-hybridized carbons (Fsp3) is 1.00. The van der Waals surface area contributed by atoms with E-state index in [0.717, 1.165) is 6.54 Å². The van der Waals surface area contributed by atoms with Crippen LogP contribution in [0.2, 0.25) is 0 Å². The summed E-state index contributed by atoms with van der Waals surface area (Å²) in [6, 6.07) is 0.663. The van der Waals surface area contributed by atoms with Crippen molar-refractivity contribution in [3.8, 4) is 0 Å². The van der Waals surface area contributed by atoms with E-state index in [2.05, 4.69) is 37.9 Å². The van der Waals surface area contributed by atoms with Crippen LogP contribution in [0.4, 0.5) is 0 Å². The van der Waals surface area contributed by atoms with Gasteiger partial charge in [-0.15, -0.1) is 0 Å². The highest BCUT2D eigenvalue weighted by Gasteiger charge is 2.38. The van der Waals surface area contributed by atoms with Crippen LogP contribution in [0.15, 0.2) is 0 Å². The van der Waals surface area contributed by atoms with Gasteiger partial charge in [0.1, 0.15) is 0 Å². The van der Waals surface area contributed by atoms with Crippen molar-refractivity contribution >= 4 is 0 Å². The summed E-state index contributed by atoms with van der Waals surface area (Å²) in [6.07, 6.45) is 8.02. The molecule has 1 aliphatic heterocycles. The molecule has 1 N–H and O–H groups in total. The number of likely N-dealkylation sites (N-methyl/N-ethyl adjacent to an activating group) is 1. The summed E-state index contributed by atoms with van der Waals surface area (Å²) in [5.41, 5.74) is 0.363. The quantitative estimate of drug-likeness (QED) is 0.699. The Morgan fingerprint density at radius 1 is 1.18 bits per heavy atom. The Kier molecular flexibility index (Phi) is 6.50. The molecule has 0 bridgehead atoms. The van der Waals surface area contributed by atoms with Crippen molar-refractivity contribution in [2.75, 3.05) is 19.6 Å². The summed E-state index contributed by atoms with van der Waals surface area (Å²) in [5, 5.41) is 3.74. The molecular weight excluding hydrogens is 208 g/mol. The molecule has 0 aromatic rings. The minimum absolute atomic E-state index is 0.363. The SMILES string of the molecule is CCCCC(NCC)C(C)(CC)N1CCCC1. The van der Waals surface area contributed by atoms with Crippen molar-refractivity contribution < 1.29 is 0 Å². The maximum absolute atomic E-state index is 3.74. The van der Waals surface area contributed by atoms with Crippen molar-refractivity contribution in [1.82, 2.24) is 10.2 Å². The van der Waals surface area contributed by atoms with Gasteiger partial charge in [-0.1, -0.05) is 33.6 Å². The number of nitrogens with zero attached hydrogens (tertiary/aromatic N) is 1. The van der Waals surface area contributed by atoms with Gasteiger partial charge in [0, 0.05) is 11.6 Å². The molecule has 1 saturated heterocycles. The Hall–Kier alpha value is -0.0800. The lowest BCUT2D eigenvalue weighted by Crippen LogP contribution is -2.58. The lowest BCUT2D eigenvalue weighted by Gasteiger charge is -2.45. The normalized spacial score (nSPS) is 22.6. The van der Waals surface area contributed by atoms with Gasteiger partial charge in [-0.05, 0) is 52.2 Å². The summed E-state index contributed by atoms with van der Waals surface area (Å²) < 4.78 is 0. The smallest absolute Gasteiger partial charge is 0.0331 e. The van der Waals surface area contributed by atoms with E-state index in [4.69, 9.17) is 0 Å². The maximum atomic E-state index is 3.74. The van der Waals surface area contributed by atoms with E-state index in [1.165, 1.54) is 51.6 Å². The lowest BCUT2D eigenvalue weighted by atomic mass is 9.84. The Labute approximate surface area is 108 Å². The molecule has 0 aromatic carbocycles. The molecule has 2 heteroatoms. The van der Waals surface area contributed by atoms with Crippen LogP contribution in [0.5, 0.6) is 0 Å². The first-order chi connectivity index (χ1) is 8.19. The average molecular weight is 240 g/mol. The predicted octanol–water partition coefficient (Wildman–Crippen LogP) is 3.42. The predicted molar refractivity (Wildman–Crippen MR) is 76.5 cm³/mol. The van der Waals surface area contributed by atoms with Crippen molar-refractivity contribution in [1.29, 1.82) is 0 Å². The Morgan fingerprint density at radius 3 is 2.29 bits per heavy atom. The van der Waals surface area contributed by atoms with Crippen LogP contribution in [0.25, 0.3) is 0 Å². The van der Waals surface area contributed by atoms with Crippen LogP contribution in [-0.4, -0.2) is 36.1 Å². The molecule has 2 nitrogen and oxygen atoms in total. The number of rotatable bonds is 8. The molecule has 1 rings (SSSR count). The average Bonchev–Trinajstić information content (AvgIpc) is 2.87. The summed E-state index contributed by atoms with van der Waals surface area (Å²) >= 11 is 0. The first-order valence-electron chi connectivity index (χ1n) is 7.67. The zero-order valence-corrected chi connectivity index (χ0v) is 12.4. The highest BCUT2D eigenvalue weighted by atomic mass is 15.2. The summed E-state index contributed by atoms with van der Waals surface area (Å²) in [4.78, 5) is 2.73. The van der Waals surface area contributed by atoms with E-state index in [9.17, 15) is 0 Å². The molecule has 1 fully saturated rings. The minimum atomic E-state index is 0.363. The fourth-order valence-electron chi connectivity index (χ4n) is 3.21. The first-order valence-corrected chi connectivity index (χ1v) is 7.67. The van der Waals surface area contributed by atoms with E-state index in [0.29, 0.717) is 11.6 Å². The molecule has 17 heavy (non-hydrogen) atoms. The molecule has 0 aromatic heterocycles. The summed E-state index contributed by atoms with van der Waals surface area (Å²) in [7, 11) is 0. The standard InChI is InChI=1S/C15H32N2/c1-5-8-11-14(16-7-3)15(4,6-2)17-12-9-10-13-17/h14,16H,5-13H2,1-4H3. The zero-order chi connectivity index (χ0) is 12.7. The molecule has 1 heterocycles. The topological polar surface area (TPSA) is 15.3 Å². The van der Waals surface area contributed by atoms with Gasteiger partial charge in [0.2, 0.25) is 0 Å². The third-order valence-electron chi connectivity index (χ3n) is 4.59. The third kappa shape index (κ3) is 3.69. The molecular formula is C15H32N2. The first kappa shape index (κ1) is 15.0. The summed E-state index contributed by atoms with van der Waals surface area (Å²) in [6.45, 7) is 13.1. The largest absolute Gasteiger partial charge is 0.312 e. The van der Waals surface area contributed by atoms with Crippen LogP contribution < -0.4 is 5.32 Å². The number of hydrogen-bond donors (Lipinski definition) is 1. The van der Waals surface area contributed by atoms with Crippen molar-refractivity contribution in [3.05, 3.63) is 0 Å². The van der Waals surface area contributed by atoms with E-state index < -0.39 is 0 Å². The van der Waals surface area contributed by atoms with Gasteiger partial charge < -0.3 is 5.32 Å². The maximum Gasteiger partial charge on any atom is 0.0331 e. The van der Waals surface area contributed by atoms with E-state index >= 15 is 0 Å². The molecule has 0 spiro atoms. The van der Waals surface area contributed by atoms with Gasteiger partial charge in [0.05, 0.1) is 0 Å². The zero-order valence-electron chi connectivity index (χ0n) is 12.4. The number of likely N-dealkylation sites (tertiary alicyclic amines) is 1. The van der Waals surface area contributed by atoms with E-state index in [1.807, 2.05) is 0 Å².